The van der Waals surface area contributed by atoms with E-state index < -0.39 is 33.5 Å². The molecule has 1 amide bonds. The van der Waals surface area contributed by atoms with E-state index in [2.05, 4.69) is 26.0 Å². The van der Waals surface area contributed by atoms with Crippen LogP contribution in [0.5, 0.6) is 0 Å². The Morgan fingerprint density at radius 2 is 1.82 bits per heavy atom. The zero-order valence-electron chi connectivity index (χ0n) is 15.6. The summed E-state index contributed by atoms with van der Waals surface area (Å²) in [5.41, 5.74) is 2.32. The van der Waals surface area contributed by atoms with Crippen molar-refractivity contribution < 1.29 is 22.7 Å². The molecule has 0 aliphatic carbocycles. The molecule has 2 aromatic rings. The summed E-state index contributed by atoms with van der Waals surface area (Å²) in [4.78, 5) is 24.1. The van der Waals surface area contributed by atoms with Crippen molar-refractivity contribution in [2.24, 2.45) is 0 Å². The highest BCUT2D eigenvalue weighted by atomic mass is 79.9. The van der Waals surface area contributed by atoms with Gasteiger partial charge in [-0.05, 0) is 30.2 Å². The van der Waals surface area contributed by atoms with Crippen LogP contribution < -0.4 is 5.32 Å². The van der Waals surface area contributed by atoms with Crippen molar-refractivity contribution in [1.29, 1.82) is 0 Å². The fourth-order valence-electron chi connectivity index (χ4n) is 2.67. The maximum Gasteiger partial charge on any atom is 0.307 e. The number of hydrogen-bond acceptors (Lipinski definition) is 5. The summed E-state index contributed by atoms with van der Waals surface area (Å²) < 4.78 is 30.2. The summed E-state index contributed by atoms with van der Waals surface area (Å²) in [6, 6.07) is 13.5. The Labute approximate surface area is 173 Å². The molecular formula is C20H22BrNO5S. The summed E-state index contributed by atoms with van der Waals surface area (Å²) in [7, 11) is -2.41. The summed E-state index contributed by atoms with van der Waals surface area (Å²) in [5, 5.41) is 2.64. The van der Waals surface area contributed by atoms with Gasteiger partial charge in [0.05, 0.1) is 25.3 Å². The van der Waals surface area contributed by atoms with E-state index in [4.69, 9.17) is 0 Å². The summed E-state index contributed by atoms with van der Waals surface area (Å²) in [5.74, 6) is -2.07. The molecule has 8 heteroatoms. The van der Waals surface area contributed by atoms with Crippen molar-refractivity contribution in [1.82, 2.24) is 5.32 Å². The number of carbonyl (C=O) groups excluding carboxylic acids is 2. The first-order valence-corrected chi connectivity index (χ1v) is 11.2. The number of hydrogen-bond donors (Lipinski definition) is 1. The molecule has 0 spiro atoms. The first-order chi connectivity index (χ1) is 13.2. The molecule has 0 saturated heterocycles. The van der Waals surface area contributed by atoms with Crippen LogP contribution in [0.2, 0.25) is 0 Å². The van der Waals surface area contributed by atoms with E-state index in [9.17, 15) is 18.0 Å². The highest BCUT2D eigenvalue weighted by Gasteiger charge is 2.23. The maximum atomic E-state index is 12.4. The molecule has 0 saturated carbocycles. The number of methoxy groups -OCH3 is 1. The van der Waals surface area contributed by atoms with Gasteiger partial charge in [0, 0.05) is 4.47 Å². The topological polar surface area (TPSA) is 89.5 Å². The highest BCUT2D eigenvalue weighted by molar-refractivity contribution is 9.10. The Morgan fingerprint density at radius 1 is 1.14 bits per heavy atom. The van der Waals surface area contributed by atoms with Crippen molar-refractivity contribution in [3.8, 4) is 0 Å². The van der Waals surface area contributed by atoms with Crippen molar-refractivity contribution in [2.75, 3.05) is 12.9 Å². The van der Waals surface area contributed by atoms with Crippen LogP contribution in [-0.2, 0) is 29.9 Å². The molecule has 0 aliphatic rings. The fourth-order valence-corrected chi connectivity index (χ4v) is 4.39. The van der Waals surface area contributed by atoms with Gasteiger partial charge in [0.25, 0.3) is 0 Å². The van der Waals surface area contributed by atoms with Gasteiger partial charge in [0.1, 0.15) is 5.75 Å². The van der Waals surface area contributed by atoms with Gasteiger partial charge < -0.3 is 10.1 Å². The van der Waals surface area contributed by atoms with Crippen LogP contribution in [0.1, 0.15) is 29.2 Å². The summed E-state index contributed by atoms with van der Waals surface area (Å²) in [6.07, 6.45) is -0.0863. The molecular weight excluding hydrogens is 446 g/mol. The van der Waals surface area contributed by atoms with Crippen molar-refractivity contribution in [3.05, 3.63) is 69.7 Å². The highest BCUT2D eigenvalue weighted by Crippen LogP contribution is 2.19. The lowest BCUT2D eigenvalue weighted by Gasteiger charge is -2.18. The third-order valence-electron chi connectivity index (χ3n) is 4.04. The van der Waals surface area contributed by atoms with Crippen LogP contribution in [-0.4, -0.2) is 33.2 Å². The number of benzene rings is 2. The first kappa shape index (κ1) is 22.1. The molecule has 1 N–H and O–H groups in total. The smallest absolute Gasteiger partial charge is 0.307 e. The van der Waals surface area contributed by atoms with Crippen LogP contribution >= 0.6 is 15.9 Å². The second-order valence-electron chi connectivity index (χ2n) is 6.47. The lowest BCUT2D eigenvalue weighted by atomic mass is 10.0. The molecule has 0 radical (unpaired) electrons. The standard InChI is InChI=1S/C20H22BrNO5S/c1-14-6-8-16(9-7-14)18(11-20(24)27-2)22-19(23)13-28(25,26)12-15-4-3-5-17(21)10-15/h3-10,18H,11-13H2,1-2H3,(H,22,23). The predicted octanol–water partition coefficient (Wildman–Crippen LogP) is 3.09. The zero-order chi connectivity index (χ0) is 20.7. The Hall–Kier alpha value is -2.19. The maximum absolute atomic E-state index is 12.4. The van der Waals surface area contributed by atoms with Crippen LogP contribution in [0.25, 0.3) is 0 Å². The third-order valence-corrected chi connectivity index (χ3v) is 6.01. The van der Waals surface area contributed by atoms with Gasteiger partial charge in [-0.15, -0.1) is 0 Å². The second kappa shape index (κ2) is 9.84. The van der Waals surface area contributed by atoms with Gasteiger partial charge in [0.2, 0.25) is 5.91 Å². The Balaban J connectivity index is 2.09. The van der Waals surface area contributed by atoms with Crippen LogP contribution in [0.4, 0.5) is 0 Å². The van der Waals surface area contributed by atoms with E-state index in [0.29, 0.717) is 11.1 Å². The SMILES string of the molecule is COC(=O)CC(NC(=O)CS(=O)(=O)Cc1cccc(Br)c1)c1ccc(C)cc1. The Bertz CT molecular complexity index is 941. The molecule has 150 valence electrons. The van der Waals surface area contributed by atoms with Crippen LogP contribution in [0.15, 0.2) is 53.0 Å². The molecule has 0 aliphatic heterocycles. The van der Waals surface area contributed by atoms with Crippen molar-refractivity contribution in [2.45, 2.75) is 25.1 Å². The minimum atomic E-state index is -3.67. The van der Waals surface area contributed by atoms with Crippen LogP contribution in [0.3, 0.4) is 0 Å². The number of halogens is 1. The summed E-state index contributed by atoms with van der Waals surface area (Å²) >= 11 is 3.30. The fraction of sp³-hybridized carbons (Fsp3) is 0.300. The van der Waals surface area contributed by atoms with Crippen LogP contribution in [0, 0.1) is 6.92 Å². The van der Waals surface area contributed by atoms with E-state index >= 15 is 0 Å². The van der Waals surface area contributed by atoms with E-state index in [-0.39, 0.29) is 12.2 Å². The normalized spacial score (nSPS) is 12.2. The number of carbonyl (C=O) groups is 2. The molecule has 0 heterocycles. The average Bonchev–Trinajstić information content (AvgIpc) is 2.60. The number of esters is 1. The Morgan fingerprint density at radius 3 is 2.43 bits per heavy atom. The predicted molar refractivity (Wildman–Crippen MR) is 110 cm³/mol. The number of amides is 1. The molecule has 28 heavy (non-hydrogen) atoms. The lowest BCUT2D eigenvalue weighted by Crippen LogP contribution is -2.35. The molecule has 0 aromatic heterocycles. The first-order valence-electron chi connectivity index (χ1n) is 8.56. The molecule has 1 atom stereocenters. The lowest BCUT2D eigenvalue weighted by molar-refractivity contribution is -0.141. The monoisotopic (exact) mass is 467 g/mol. The minimum Gasteiger partial charge on any atom is -0.469 e. The molecule has 2 aromatic carbocycles. The van der Waals surface area contributed by atoms with Crippen molar-refractivity contribution >= 4 is 37.6 Å². The molecule has 6 nitrogen and oxygen atoms in total. The Kier molecular flexibility index (Phi) is 7.77. The second-order valence-corrected chi connectivity index (χ2v) is 9.45. The number of rotatable bonds is 8. The number of aryl methyl sites for hydroxylation is 1. The van der Waals surface area contributed by atoms with Gasteiger partial charge >= 0.3 is 5.97 Å². The van der Waals surface area contributed by atoms with E-state index in [1.807, 2.05) is 19.1 Å². The quantitative estimate of drug-likeness (QED) is 0.602. The summed E-state index contributed by atoms with van der Waals surface area (Å²) in [6.45, 7) is 1.92. The van der Waals surface area contributed by atoms with E-state index in [1.54, 1.807) is 36.4 Å². The molecule has 1 unspecified atom stereocenters. The van der Waals surface area contributed by atoms with E-state index in [0.717, 1.165) is 10.0 Å². The van der Waals surface area contributed by atoms with Gasteiger partial charge in [-0.2, -0.15) is 0 Å². The average molecular weight is 468 g/mol. The van der Waals surface area contributed by atoms with Crippen molar-refractivity contribution in [3.63, 3.8) is 0 Å². The van der Waals surface area contributed by atoms with E-state index in [1.165, 1.54) is 7.11 Å². The largest absolute Gasteiger partial charge is 0.469 e. The molecule has 2 rings (SSSR count). The minimum absolute atomic E-state index is 0.0863. The molecule has 0 bridgehead atoms. The van der Waals surface area contributed by atoms with Gasteiger partial charge in [0.15, 0.2) is 9.84 Å². The zero-order valence-corrected chi connectivity index (χ0v) is 18.0. The third kappa shape index (κ3) is 7.09. The number of sulfone groups is 1. The number of ether oxygens (including phenoxy) is 1. The molecule has 0 fully saturated rings. The van der Waals surface area contributed by atoms with Gasteiger partial charge in [-0.1, -0.05) is 57.9 Å². The van der Waals surface area contributed by atoms with Gasteiger partial charge in [-0.25, -0.2) is 8.42 Å². The van der Waals surface area contributed by atoms with Gasteiger partial charge in [-0.3, -0.25) is 9.59 Å². The number of nitrogens with one attached hydrogen (secondary N) is 1.